The third-order valence-electron chi connectivity index (χ3n) is 5.54. The SMILES string of the molecule is CNc1ccc2c(n1)sc1nc(-c3ccc(CC(=O)Cc4cc(C(C)(C)C)on4)cc3)cn12. The number of anilines is 1. The first-order valence-corrected chi connectivity index (χ1v) is 11.7. The normalized spacial score (nSPS) is 12.0. The van der Waals surface area contributed by atoms with Crippen LogP contribution in [0, 0.1) is 0 Å². The number of carbonyl (C=O) groups is 1. The number of rotatable bonds is 6. The molecule has 168 valence electrons. The zero-order valence-corrected chi connectivity index (χ0v) is 19.9. The second kappa shape index (κ2) is 8.12. The lowest BCUT2D eigenvalue weighted by molar-refractivity contribution is -0.117. The van der Waals surface area contributed by atoms with Gasteiger partial charge in [-0.05, 0) is 17.7 Å². The minimum atomic E-state index is -0.121. The van der Waals surface area contributed by atoms with Gasteiger partial charge in [-0.3, -0.25) is 9.20 Å². The lowest BCUT2D eigenvalue weighted by atomic mass is 9.93. The molecule has 33 heavy (non-hydrogen) atoms. The minimum absolute atomic E-state index is 0.110. The van der Waals surface area contributed by atoms with Gasteiger partial charge in [0.1, 0.15) is 22.2 Å². The number of pyridine rings is 1. The van der Waals surface area contributed by atoms with Crippen molar-refractivity contribution in [3.8, 4) is 11.3 Å². The zero-order valence-electron chi connectivity index (χ0n) is 19.0. The topological polar surface area (TPSA) is 85.3 Å². The van der Waals surface area contributed by atoms with E-state index in [4.69, 9.17) is 9.51 Å². The molecule has 5 rings (SSSR count). The van der Waals surface area contributed by atoms with E-state index in [1.165, 1.54) is 0 Å². The van der Waals surface area contributed by atoms with E-state index >= 15 is 0 Å². The third-order valence-corrected chi connectivity index (χ3v) is 6.51. The van der Waals surface area contributed by atoms with E-state index in [1.807, 2.05) is 49.6 Å². The summed E-state index contributed by atoms with van der Waals surface area (Å²) in [6.45, 7) is 6.18. The van der Waals surface area contributed by atoms with Crippen LogP contribution in [0.15, 0.2) is 53.2 Å². The summed E-state index contributed by atoms with van der Waals surface area (Å²) in [6.07, 6.45) is 2.67. The second-order valence-electron chi connectivity index (χ2n) is 9.17. The number of aromatic nitrogens is 4. The Hall–Kier alpha value is -3.52. The molecule has 0 unspecified atom stereocenters. The maximum Gasteiger partial charge on any atom is 0.196 e. The Bertz CT molecular complexity index is 1450. The molecule has 0 aliphatic rings. The molecule has 0 radical (unpaired) electrons. The lowest BCUT2D eigenvalue weighted by Gasteiger charge is -2.12. The van der Waals surface area contributed by atoms with Crippen LogP contribution in [0.3, 0.4) is 0 Å². The highest BCUT2D eigenvalue weighted by Crippen LogP contribution is 2.29. The van der Waals surface area contributed by atoms with Gasteiger partial charge in [-0.2, -0.15) is 0 Å². The van der Waals surface area contributed by atoms with Crippen LogP contribution >= 0.6 is 11.3 Å². The zero-order chi connectivity index (χ0) is 23.2. The summed E-state index contributed by atoms with van der Waals surface area (Å²) in [5, 5.41) is 7.12. The Morgan fingerprint density at radius 1 is 1.09 bits per heavy atom. The maximum atomic E-state index is 12.5. The smallest absolute Gasteiger partial charge is 0.196 e. The summed E-state index contributed by atoms with van der Waals surface area (Å²) in [6, 6.07) is 13.9. The predicted molar refractivity (Wildman–Crippen MR) is 131 cm³/mol. The highest BCUT2D eigenvalue weighted by Gasteiger charge is 2.20. The molecule has 0 aliphatic heterocycles. The van der Waals surface area contributed by atoms with Crippen LogP contribution in [0.1, 0.15) is 37.8 Å². The van der Waals surface area contributed by atoms with E-state index in [1.54, 1.807) is 11.3 Å². The number of nitrogens with zero attached hydrogens (tertiary/aromatic N) is 4. The van der Waals surface area contributed by atoms with Crippen LogP contribution in [-0.2, 0) is 23.1 Å². The van der Waals surface area contributed by atoms with Gasteiger partial charge in [-0.25, -0.2) is 9.97 Å². The largest absolute Gasteiger partial charge is 0.373 e. The summed E-state index contributed by atoms with van der Waals surface area (Å²) in [7, 11) is 1.86. The fourth-order valence-electron chi connectivity index (χ4n) is 3.70. The number of Topliss-reactive ketones (excluding diaryl/α,β-unsaturated/α-hetero) is 1. The van der Waals surface area contributed by atoms with E-state index < -0.39 is 0 Å². The van der Waals surface area contributed by atoms with Crippen LogP contribution < -0.4 is 5.32 Å². The third kappa shape index (κ3) is 4.26. The van der Waals surface area contributed by atoms with Crippen LogP contribution in [0.2, 0.25) is 0 Å². The molecule has 0 bridgehead atoms. The monoisotopic (exact) mass is 459 g/mol. The van der Waals surface area contributed by atoms with Gasteiger partial charge in [0.05, 0.1) is 23.3 Å². The first-order chi connectivity index (χ1) is 15.8. The van der Waals surface area contributed by atoms with Crippen molar-refractivity contribution in [2.24, 2.45) is 0 Å². The Morgan fingerprint density at radius 2 is 1.88 bits per heavy atom. The highest BCUT2D eigenvalue weighted by molar-refractivity contribution is 7.23. The molecule has 0 saturated carbocycles. The molecule has 0 fully saturated rings. The summed E-state index contributed by atoms with van der Waals surface area (Å²) < 4.78 is 7.46. The van der Waals surface area contributed by atoms with Crippen molar-refractivity contribution in [2.45, 2.75) is 39.0 Å². The molecular formula is C25H25N5O2S. The molecule has 8 heteroatoms. The van der Waals surface area contributed by atoms with Crippen molar-refractivity contribution in [1.29, 1.82) is 0 Å². The Balaban J connectivity index is 1.29. The van der Waals surface area contributed by atoms with Crippen LogP contribution in [0.25, 0.3) is 26.6 Å². The van der Waals surface area contributed by atoms with Gasteiger partial charge < -0.3 is 9.84 Å². The van der Waals surface area contributed by atoms with Crippen molar-refractivity contribution >= 4 is 38.2 Å². The molecule has 0 amide bonds. The van der Waals surface area contributed by atoms with Gasteiger partial charge in [-0.1, -0.05) is 61.5 Å². The van der Waals surface area contributed by atoms with Gasteiger partial charge in [0.2, 0.25) is 0 Å². The van der Waals surface area contributed by atoms with Gasteiger partial charge >= 0.3 is 0 Å². The summed E-state index contributed by atoms with van der Waals surface area (Å²) in [4.78, 5) is 23.8. The van der Waals surface area contributed by atoms with Gasteiger partial charge in [-0.15, -0.1) is 0 Å². The minimum Gasteiger partial charge on any atom is -0.373 e. The molecule has 1 aromatic carbocycles. The molecule has 0 spiro atoms. The van der Waals surface area contributed by atoms with Crippen LogP contribution in [0.5, 0.6) is 0 Å². The molecule has 1 N–H and O–H groups in total. The second-order valence-corrected chi connectivity index (χ2v) is 10.1. The van der Waals surface area contributed by atoms with Crippen molar-refractivity contribution in [3.05, 3.63) is 65.7 Å². The van der Waals surface area contributed by atoms with Crippen molar-refractivity contribution in [1.82, 2.24) is 19.5 Å². The van der Waals surface area contributed by atoms with Crippen molar-refractivity contribution in [3.63, 3.8) is 0 Å². The molecule has 4 aromatic heterocycles. The number of nitrogens with one attached hydrogen (secondary N) is 1. The molecule has 4 heterocycles. The molecule has 0 aliphatic carbocycles. The fourth-order valence-corrected chi connectivity index (χ4v) is 4.68. The first kappa shape index (κ1) is 21.3. The van der Waals surface area contributed by atoms with Crippen molar-refractivity contribution < 1.29 is 9.32 Å². The number of hydrogen-bond acceptors (Lipinski definition) is 7. The quantitative estimate of drug-likeness (QED) is 0.371. The number of ketones is 1. The van der Waals surface area contributed by atoms with E-state index in [9.17, 15) is 4.79 Å². The number of fused-ring (bicyclic) bond motifs is 3. The predicted octanol–water partition coefficient (Wildman–Crippen LogP) is 5.29. The maximum absolute atomic E-state index is 12.5. The van der Waals surface area contributed by atoms with E-state index in [0.29, 0.717) is 12.1 Å². The standard InChI is InChI=1S/C25H25N5O2S/c1-25(2,3)21-13-17(29-32-21)12-18(31)11-15-5-7-16(8-6-15)19-14-30-20-9-10-22(26-4)28-23(20)33-24(30)27-19/h5-10,13-14H,11-12H2,1-4H3,(H,26,28). The lowest BCUT2D eigenvalue weighted by Crippen LogP contribution is -2.09. The number of hydrogen-bond donors (Lipinski definition) is 1. The molecular weight excluding hydrogens is 434 g/mol. The molecule has 7 nitrogen and oxygen atoms in total. The van der Waals surface area contributed by atoms with Gasteiger partial charge in [0, 0.05) is 36.7 Å². The van der Waals surface area contributed by atoms with E-state index in [-0.39, 0.29) is 17.6 Å². The van der Waals surface area contributed by atoms with Crippen LogP contribution in [-0.4, -0.2) is 32.4 Å². The van der Waals surface area contributed by atoms with Crippen LogP contribution in [0.4, 0.5) is 5.82 Å². The summed E-state index contributed by atoms with van der Waals surface area (Å²) in [5.41, 5.74) is 4.49. The number of imidazole rings is 1. The van der Waals surface area contributed by atoms with E-state index in [2.05, 4.69) is 46.7 Å². The number of benzene rings is 1. The number of carbonyl (C=O) groups excluding carboxylic acids is 1. The first-order valence-electron chi connectivity index (χ1n) is 10.8. The Kier molecular flexibility index (Phi) is 5.25. The molecule has 0 atom stereocenters. The summed E-state index contributed by atoms with van der Waals surface area (Å²) in [5.74, 6) is 1.75. The van der Waals surface area contributed by atoms with E-state index in [0.717, 1.165) is 43.7 Å². The number of thiazole rings is 1. The molecule has 5 aromatic rings. The fraction of sp³-hybridized carbons (Fsp3) is 0.280. The average molecular weight is 460 g/mol. The van der Waals surface area contributed by atoms with Gasteiger partial charge in [0.15, 0.2) is 4.96 Å². The Labute approximate surface area is 195 Å². The van der Waals surface area contributed by atoms with Crippen molar-refractivity contribution in [2.75, 3.05) is 12.4 Å². The van der Waals surface area contributed by atoms with Gasteiger partial charge in [0.25, 0.3) is 0 Å². The Morgan fingerprint density at radius 3 is 2.58 bits per heavy atom. The highest BCUT2D eigenvalue weighted by atomic mass is 32.1. The average Bonchev–Trinajstić information content (AvgIpc) is 3.48. The summed E-state index contributed by atoms with van der Waals surface area (Å²) >= 11 is 1.56. The molecule has 0 saturated heterocycles.